The molecular formula is C10H21NO3. The van der Waals surface area contributed by atoms with Gasteiger partial charge in [-0.25, -0.2) is 0 Å². The second-order valence-electron chi connectivity index (χ2n) is 3.20. The van der Waals surface area contributed by atoms with Gasteiger partial charge in [0.1, 0.15) is 6.04 Å². The summed E-state index contributed by atoms with van der Waals surface area (Å²) >= 11 is 0. The second kappa shape index (κ2) is 7.76. The maximum atomic E-state index is 11.2. The fourth-order valence-corrected chi connectivity index (χ4v) is 1.10. The molecule has 0 aliphatic rings. The monoisotopic (exact) mass is 203 g/mol. The van der Waals surface area contributed by atoms with Crippen molar-refractivity contribution in [1.82, 2.24) is 5.32 Å². The smallest absolute Gasteiger partial charge is 0.322 e. The zero-order valence-corrected chi connectivity index (χ0v) is 9.50. The molecule has 0 amide bonds. The van der Waals surface area contributed by atoms with Crippen LogP contribution in [0.15, 0.2) is 0 Å². The number of hydrogen-bond acceptors (Lipinski definition) is 4. The topological polar surface area (TPSA) is 47.6 Å². The molecule has 0 aromatic heterocycles. The SMILES string of the molecule is CCOCC(C)NC(C)C(=O)OCC. The minimum Gasteiger partial charge on any atom is -0.465 e. The van der Waals surface area contributed by atoms with E-state index in [1.165, 1.54) is 0 Å². The van der Waals surface area contributed by atoms with E-state index in [4.69, 9.17) is 9.47 Å². The van der Waals surface area contributed by atoms with Crippen LogP contribution in [0.4, 0.5) is 0 Å². The van der Waals surface area contributed by atoms with Crippen LogP contribution in [0.25, 0.3) is 0 Å². The molecule has 4 nitrogen and oxygen atoms in total. The van der Waals surface area contributed by atoms with Crippen LogP contribution >= 0.6 is 0 Å². The Hall–Kier alpha value is -0.610. The molecule has 1 N–H and O–H groups in total. The van der Waals surface area contributed by atoms with E-state index in [1.54, 1.807) is 13.8 Å². The molecule has 14 heavy (non-hydrogen) atoms. The highest BCUT2D eigenvalue weighted by molar-refractivity contribution is 5.75. The quantitative estimate of drug-likeness (QED) is 0.626. The zero-order chi connectivity index (χ0) is 11.0. The number of carbonyl (C=O) groups excluding carboxylic acids is 1. The van der Waals surface area contributed by atoms with Crippen molar-refractivity contribution in [3.05, 3.63) is 0 Å². The Morgan fingerprint density at radius 3 is 2.43 bits per heavy atom. The van der Waals surface area contributed by atoms with E-state index < -0.39 is 0 Å². The van der Waals surface area contributed by atoms with E-state index in [0.717, 1.165) is 0 Å². The van der Waals surface area contributed by atoms with Gasteiger partial charge in [0, 0.05) is 12.6 Å². The molecule has 0 heterocycles. The molecule has 4 heteroatoms. The standard InChI is InChI=1S/C10H21NO3/c1-5-13-7-8(3)11-9(4)10(12)14-6-2/h8-9,11H,5-7H2,1-4H3. The Bertz CT molecular complexity index is 161. The molecule has 0 aliphatic carbocycles. The number of hydrogen-bond donors (Lipinski definition) is 1. The van der Waals surface area contributed by atoms with Crippen molar-refractivity contribution in [3.63, 3.8) is 0 Å². The molecule has 0 radical (unpaired) electrons. The van der Waals surface area contributed by atoms with Gasteiger partial charge >= 0.3 is 5.97 Å². The molecule has 0 spiro atoms. The summed E-state index contributed by atoms with van der Waals surface area (Å²) in [6.45, 7) is 9.24. The van der Waals surface area contributed by atoms with Crippen LogP contribution in [-0.4, -0.2) is 37.9 Å². The molecule has 0 saturated heterocycles. The third-order valence-corrected chi connectivity index (χ3v) is 1.75. The van der Waals surface area contributed by atoms with Gasteiger partial charge in [-0.15, -0.1) is 0 Å². The van der Waals surface area contributed by atoms with Crippen LogP contribution in [0.1, 0.15) is 27.7 Å². The number of rotatable bonds is 7. The van der Waals surface area contributed by atoms with Crippen molar-refractivity contribution in [1.29, 1.82) is 0 Å². The molecule has 0 fully saturated rings. The van der Waals surface area contributed by atoms with Gasteiger partial charge in [0.05, 0.1) is 13.2 Å². The fourth-order valence-electron chi connectivity index (χ4n) is 1.10. The van der Waals surface area contributed by atoms with E-state index in [1.807, 2.05) is 13.8 Å². The highest BCUT2D eigenvalue weighted by Crippen LogP contribution is 1.92. The summed E-state index contributed by atoms with van der Waals surface area (Å²) in [6, 6.07) is -0.111. The van der Waals surface area contributed by atoms with Crippen LogP contribution in [0.3, 0.4) is 0 Å². The van der Waals surface area contributed by atoms with Gasteiger partial charge in [-0.05, 0) is 27.7 Å². The van der Waals surface area contributed by atoms with Gasteiger partial charge in [-0.2, -0.15) is 0 Å². The average Bonchev–Trinajstić information content (AvgIpc) is 2.15. The largest absolute Gasteiger partial charge is 0.465 e. The Morgan fingerprint density at radius 1 is 1.29 bits per heavy atom. The molecule has 2 unspecified atom stereocenters. The molecule has 2 atom stereocenters. The molecule has 0 saturated carbocycles. The summed E-state index contributed by atoms with van der Waals surface area (Å²) in [5, 5.41) is 3.10. The second-order valence-corrected chi connectivity index (χ2v) is 3.20. The van der Waals surface area contributed by atoms with Crippen molar-refractivity contribution in [3.8, 4) is 0 Å². The summed E-state index contributed by atoms with van der Waals surface area (Å²) in [4.78, 5) is 11.2. The third kappa shape index (κ3) is 5.94. The summed E-state index contributed by atoms with van der Waals surface area (Å²) in [5.74, 6) is -0.212. The van der Waals surface area contributed by atoms with Gasteiger partial charge < -0.3 is 9.47 Å². The first-order valence-electron chi connectivity index (χ1n) is 5.12. The van der Waals surface area contributed by atoms with Crippen LogP contribution in [-0.2, 0) is 14.3 Å². The summed E-state index contributed by atoms with van der Waals surface area (Å²) < 4.78 is 10.1. The minimum atomic E-state index is -0.273. The predicted molar refractivity (Wildman–Crippen MR) is 55.2 cm³/mol. The number of ether oxygens (including phenoxy) is 2. The van der Waals surface area contributed by atoms with Gasteiger partial charge in [-0.3, -0.25) is 10.1 Å². The highest BCUT2D eigenvalue weighted by atomic mass is 16.5. The highest BCUT2D eigenvalue weighted by Gasteiger charge is 2.15. The lowest BCUT2D eigenvalue weighted by atomic mass is 10.3. The fraction of sp³-hybridized carbons (Fsp3) is 0.900. The molecule has 0 rings (SSSR count). The summed E-state index contributed by atoms with van der Waals surface area (Å²) in [5.41, 5.74) is 0. The first-order chi connectivity index (χ1) is 6.61. The van der Waals surface area contributed by atoms with E-state index in [9.17, 15) is 4.79 Å². The van der Waals surface area contributed by atoms with E-state index in [-0.39, 0.29) is 18.1 Å². The number of nitrogens with one attached hydrogen (secondary N) is 1. The third-order valence-electron chi connectivity index (χ3n) is 1.75. The molecular weight excluding hydrogens is 182 g/mol. The zero-order valence-electron chi connectivity index (χ0n) is 9.50. The van der Waals surface area contributed by atoms with E-state index >= 15 is 0 Å². The molecule has 84 valence electrons. The lowest BCUT2D eigenvalue weighted by Gasteiger charge is -2.18. The van der Waals surface area contributed by atoms with Gasteiger partial charge in [-0.1, -0.05) is 0 Å². The Labute approximate surface area is 86.0 Å². The summed E-state index contributed by atoms with van der Waals surface area (Å²) in [7, 11) is 0. The van der Waals surface area contributed by atoms with Crippen molar-refractivity contribution < 1.29 is 14.3 Å². The van der Waals surface area contributed by atoms with E-state index in [0.29, 0.717) is 19.8 Å². The van der Waals surface area contributed by atoms with Crippen molar-refractivity contribution >= 4 is 5.97 Å². The van der Waals surface area contributed by atoms with Gasteiger partial charge in [0.25, 0.3) is 0 Å². The van der Waals surface area contributed by atoms with Crippen molar-refractivity contribution in [2.45, 2.75) is 39.8 Å². The number of esters is 1. The normalized spacial score (nSPS) is 14.9. The minimum absolute atomic E-state index is 0.161. The molecule has 0 aromatic rings. The van der Waals surface area contributed by atoms with Gasteiger partial charge in [0.15, 0.2) is 0 Å². The van der Waals surface area contributed by atoms with Crippen LogP contribution in [0.2, 0.25) is 0 Å². The van der Waals surface area contributed by atoms with Crippen LogP contribution in [0.5, 0.6) is 0 Å². The Kier molecular flexibility index (Phi) is 7.42. The molecule has 0 bridgehead atoms. The lowest BCUT2D eigenvalue weighted by molar-refractivity contribution is -0.145. The van der Waals surface area contributed by atoms with Crippen molar-refractivity contribution in [2.75, 3.05) is 19.8 Å². The summed E-state index contributed by atoms with van der Waals surface area (Å²) in [6.07, 6.45) is 0. The predicted octanol–water partition coefficient (Wildman–Crippen LogP) is 0.953. The first-order valence-corrected chi connectivity index (χ1v) is 5.12. The first kappa shape index (κ1) is 13.4. The average molecular weight is 203 g/mol. The van der Waals surface area contributed by atoms with Crippen molar-refractivity contribution in [2.24, 2.45) is 0 Å². The molecule has 0 aromatic carbocycles. The number of carbonyl (C=O) groups is 1. The molecule has 0 aliphatic heterocycles. The maximum Gasteiger partial charge on any atom is 0.322 e. The Morgan fingerprint density at radius 2 is 1.93 bits per heavy atom. The van der Waals surface area contributed by atoms with Crippen LogP contribution < -0.4 is 5.32 Å². The Balaban J connectivity index is 3.68. The van der Waals surface area contributed by atoms with Crippen LogP contribution in [0, 0.1) is 0 Å². The lowest BCUT2D eigenvalue weighted by Crippen LogP contribution is -2.42. The van der Waals surface area contributed by atoms with Gasteiger partial charge in [0.2, 0.25) is 0 Å². The maximum absolute atomic E-state index is 11.2. The van der Waals surface area contributed by atoms with E-state index in [2.05, 4.69) is 5.32 Å².